The fourth-order valence-electron chi connectivity index (χ4n) is 7.01. The van der Waals surface area contributed by atoms with E-state index in [0.29, 0.717) is 32.1 Å². The third-order valence-electron chi connectivity index (χ3n) is 10.5. The highest BCUT2D eigenvalue weighted by atomic mass is 16.8. The third kappa shape index (κ3) is 24.7. The molecule has 11 heteroatoms. The zero-order chi connectivity index (χ0) is 42.0. The molecule has 0 aromatic heterocycles. The van der Waals surface area contributed by atoms with Gasteiger partial charge in [-0.25, -0.2) is 0 Å². The summed E-state index contributed by atoms with van der Waals surface area (Å²) in [6.07, 6.45) is 19.8. The second kappa shape index (κ2) is 34.2. The quantitative estimate of drug-likeness (QED) is 0.0336. The molecule has 1 aliphatic rings. The first-order valence-corrected chi connectivity index (χ1v) is 23.3. The van der Waals surface area contributed by atoms with Crippen molar-refractivity contribution in [2.24, 2.45) is 0 Å². The van der Waals surface area contributed by atoms with Gasteiger partial charge in [0.15, 0.2) is 12.7 Å². The molecule has 1 saturated heterocycles. The van der Waals surface area contributed by atoms with E-state index in [9.17, 15) is 24.0 Å². The van der Waals surface area contributed by atoms with Crippen molar-refractivity contribution in [1.29, 1.82) is 0 Å². The lowest BCUT2D eigenvalue weighted by Gasteiger charge is -2.33. The lowest BCUT2D eigenvalue weighted by molar-refractivity contribution is -0.271. The van der Waals surface area contributed by atoms with E-state index in [1.54, 1.807) is 0 Å². The van der Waals surface area contributed by atoms with E-state index in [4.69, 9.17) is 28.4 Å². The monoisotopic (exact) mass is 811 g/mol. The molecular weight excluding hydrogens is 728 g/mol. The minimum atomic E-state index is -2.13. The number of hydrogen-bond acceptors (Lipinski definition) is 11. The minimum Gasteiger partial charge on any atom is -0.463 e. The zero-order valence-electron chi connectivity index (χ0n) is 36.9. The largest absolute Gasteiger partial charge is 0.463 e. The van der Waals surface area contributed by atoms with Crippen LogP contribution in [-0.2, 0) is 52.4 Å². The number of carbonyl (C=O) groups is 5. The smallest absolute Gasteiger partial charge is 0.308 e. The van der Waals surface area contributed by atoms with Gasteiger partial charge in [0, 0.05) is 32.1 Å². The van der Waals surface area contributed by atoms with Crippen LogP contribution in [0.25, 0.3) is 0 Å². The highest BCUT2D eigenvalue weighted by Crippen LogP contribution is 2.39. The summed E-state index contributed by atoms with van der Waals surface area (Å²) >= 11 is 0. The van der Waals surface area contributed by atoms with E-state index in [1.807, 2.05) is 0 Å². The number of hydrogen-bond donors (Lipinski definition) is 0. The molecule has 0 aromatic rings. The number of rotatable bonds is 37. The van der Waals surface area contributed by atoms with Crippen molar-refractivity contribution in [3.63, 3.8) is 0 Å². The van der Waals surface area contributed by atoms with Crippen molar-refractivity contribution in [1.82, 2.24) is 0 Å². The van der Waals surface area contributed by atoms with Crippen LogP contribution in [0.3, 0.4) is 0 Å². The Balaban J connectivity index is 3.48. The average Bonchev–Trinajstić information content (AvgIpc) is 3.46. The minimum absolute atomic E-state index is 0.0677. The predicted octanol–water partition coefficient (Wildman–Crippen LogP) is 11.3. The van der Waals surface area contributed by atoms with Crippen LogP contribution in [0.4, 0.5) is 0 Å². The Morgan fingerprint density at radius 2 is 0.772 bits per heavy atom. The van der Waals surface area contributed by atoms with Crippen LogP contribution in [0.2, 0.25) is 0 Å². The summed E-state index contributed by atoms with van der Waals surface area (Å²) in [6.45, 7) is 9.69. The fraction of sp³-hybridized carbons (Fsp3) is 0.891. The summed E-state index contributed by atoms with van der Waals surface area (Å²) in [4.78, 5) is 66.7. The highest BCUT2D eigenvalue weighted by Gasteiger charge is 2.63. The van der Waals surface area contributed by atoms with E-state index in [0.717, 1.165) is 128 Å². The van der Waals surface area contributed by atoms with Crippen LogP contribution in [0, 0.1) is 0 Å². The Kier molecular flexibility index (Phi) is 31.4. The van der Waals surface area contributed by atoms with E-state index >= 15 is 0 Å². The summed E-state index contributed by atoms with van der Waals surface area (Å²) < 4.78 is 36.2. The lowest BCUT2D eigenvalue weighted by Crippen LogP contribution is -2.53. The maximum atomic E-state index is 13.6. The van der Waals surface area contributed by atoms with E-state index in [2.05, 4.69) is 34.6 Å². The first kappa shape index (κ1) is 52.3. The molecule has 11 nitrogen and oxygen atoms in total. The van der Waals surface area contributed by atoms with Gasteiger partial charge in [-0.1, -0.05) is 163 Å². The second-order valence-corrected chi connectivity index (χ2v) is 16.0. The molecule has 0 amide bonds. The van der Waals surface area contributed by atoms with Crippen molar-refractivity contribution in [2.75, 3.05) is 13.2 Å². The Hall–Kier alpha value is -2.69. The van der Waals surface area contributed by atoms with Gasteiger partial charge in [0.05, 0.1) is 0 Å². The van der Waals surface area contributed by atoms with E-state index in [1.165, 1.54) is 0 Å². The Morgan fingerprint density at radius 3 is 1.19 bits per heavy atom. The summed E-state index contributed by atoms with van der Waals surface area (Å²) in [5, 5.41) is 0. The topological polar surface area (TPSA) is 141 Å². The summed E-state index contributed by atoms with van der Waals surface area (Å²) in [7, 11) is 0. The second-order valence-electron chi connectivity index (χ2n) is 16.0. The molecule has 0 saturated carbocycles. The van der Waals surface area contributed by atoms with Crippen LogP contribution in [0.5, 0.6) is 0 Å². The van der Waals surface area contributed by atoms with Gasteiger partial charge in [0.1, 0.15) is 12.7 Å². The van der Waals surface area contributed by atoms with Gasteiger partial charge < -0.3 is 28.4 Å². The van der Waals surface area contributed by atoms with Gasteiger partial charge in [0.2, 0.25) is 6.10 Å². The lowest BCUT2D eigenvalue weighted by atomic mass is 10.0. The Bertz CT molecular complexity index is 1080. The van der Waals surface area contributed by atoms with Crippen molar-refractivity contribution >= 4 is 29.8 Å². The van der Waals surface area contributed by atoms with Gasteiger partial charge in [-0.2, -0.15) is 0 Å². The van der Waals surface area contributed by atoms with E-state index in [-0.39, 0.29) is 38.7 Å². The van der Waals surface area contributed by atoms with Crippen LogP contribution >= 0.6 is 0 Å². The summed E-state index contributed by atoms with van der Waals surface area (Å²) in [5.74, 6) is -4.80. The van der Waals surface area contributed by atoms with Gasteiger partial charge in [-0.15, -0.1) is 0 Å². The van der Waals surface area contributed by atoms with Crippen molar-refractivity contribution in [3.8, 4) is 0 Å². The molecule has 0 aliphatic carbocycles. The molecule has 4 atom stereocenters. The number of esters is 5. The van der Waals surface area contributed by atoms with Crippen LogP contribution in [0.15, 0.2) is 0 Å². The fourth-order valence-corrected chi connectivity index (χ4v) is 7.01. The molecule has 0 bridgehead atoms. The molecule has 0 aromatic carbocycles. The molecular formula is C46H82O11. The van der Waals surface area contributed by atoms with Gasteiger partial charge >= 0.3 is 29.8 Å². The molecule has 1 fully saturated rings. The average molecular weight is 811 g/mol. The maximum Gasteiger partial charge on any atom is 0.308 e. The Morgan fingerprint density at radius 1 is 0.421 bits per heavy atom. The molecule has 0 unspecified atom stereocenters. The number of carbonyl (C=O) groups excluding carboxylic acids is 5. The van der Waals surface area contributed by atoms with Gasteiger partial charge in [-0.3, -0.25) is 24.0 Å². The first-order chi connectivity index (χ1) is 27.7. The van der Waals surface area contributed by atoms with E-state index < -0.39 is 60.6 Å². The molecule has 1 aliphatic heterocycles. The van der Waals surface area contributed by atoms with Crippen LogP contribution < -0.4 is 0 Å². The highest BCUT2D eigenvalue weighted by molar-refractivity contribution is 5.73. The Labute approximate surface area is 346 Å². The molecule has 0 radical (unpaired) electrons. The summed E-state index contributed by atoms with van der Waals surface area (Å²) in [5.41, 5.74) is 0. The molecule has 1 rings (SSSR count). The molecule has 0 N–H and O–H groups in total. The predicted molar refractivity (Wildman–Crippen MR) is 222 cm³/mol. The van der Waals surface area contributed by atoms with Crippen LogP contribution in [0.1, 0.15) is 227 Å². The molecule has 332 valence electrons. The van der Waals surface area contributed by atoms with Crippen molar-refractivity contribution in [3.05, 3.63) is 0 Å². The van der Waals surface area contributed by atoms with Crippen molar-refractivity contribution in [2.45, 2.75) is 251 Å². The van der Waals surface area contributed by atoms with Crippen LogP contribution in [-0.4, -0.2) is 67.2 Å². The SMILES string of the molecule is CCCCCCCC(=O)OC[C@H]1O[C@@](COC(=O)CCCCCCC)(OC(=O)CCCCCCC)[C@@H](OC(=O)CCCCCCC)[C@@H]1OC(=O)CCCCCCC. The normalized spacial score (nSPS) is 18.9. The first-order valence-electron chi connectivity index (χ1n) is 23.3. The zero-order valence-corrected chi connectivity index (χ0v) is 36.9. The molecule has 1 heterocycles. The van der Waals surface area contributed by atoms with Crippen molar-refractivity contribution < 1.29 is 52.4 Å². The molecule has 0 spiro atoms. The van der Waals surface area contributed by atoms with Gasteiger partial charge in [0.25, 0.3) is 5.79 Å². The third-order valence-corrected chi connectivity index (χ3v) is 10.5. The maximum absolute atomic E-state index is 13.6. The standard InChI is InChI=1S/C46H82O11/c1-6-11-16-21-26-31-39(47)52-36-38-44(54-41(49)33-28-23-18-13-8-3)45(55-42(50)34-29-24-19-14-9-4)46(56-38,57-43(51)35-30-25-20-15-10-5)37-53-40(48)32-27-22-17-12-7-2/h38,44-45H,6-37H2,1-5H3/t38-,44-,45+,46+/m1/s1. The molecule has 57 heavy (non-hydrogen) atoms. The number of unbranched alkanes of at least 4 members (excludes halogenated alkanes) is 20. The van der Waals surface area contributed by atoms with Gasteiger partial charge in [-0.05, 0) is 32.1 Å². The number of ether oxygens (including phenoxy) is 6. The summed E-state index contributed by atoms with van der Waals surface area (Å²) in [6, 6.07) is 0.